The molecule has 9 heteroatoms. The maximum Gasteiger partial charge on any atom is 0.322 e. The Bertz CT molecular complexity index is 1120. The van der Waals surface area contributed by atoms with Crippen LogP contribution < -0.4 is 14.8 Å². The van der Waals surface area contributed by atoms with Crippen molar-refractivity contribution in [1.82, 2.24) is 9.80 Å². The maximum absolute atomic E-state index is 13.4. The van der Waals surface area contributed by atoms with Crippen LogP contribution in [0, 0.1) is 0 Å². The molecule has 0 fully saturated rings. The molecule has 0 aliphatic rings. The molecule has 0 atom stereocenters. The van der Waals surface area contributed by atoms with Gasteiger partial charge in [0, 0.05) is 28.7 Å². The van der Waals surface area contributed by atoms with E-state index in [9.17, 15) is 9.59 Å². The van der Waals surface area contributed by atoms with Crippen molar-refractivity contribution in [1.29, 1.82) is 0 Å². The van der Waals surface area contributed by atoms with E-state index in [4.69, 9.17) is 21.1 Å². The number of hydrogen-bond acceptors (Lipinski definition) is 5. The number of anilines is 1. The molecule has 0 unspecified atom stereocenters. The van der Waals surface area contributed by atoms with Crippen LogP contribution in [0.4, 0.5) is 10.5 Å². The smallest absolute Gasteiger partial charge is 0.322 e. The van der Waals surface area contributed by atoms with Gasteiger partial charge in [0.1, 0.15) is 6.54 Å². The standard InChI is InChI=1S/C27H32ClN3O4S/c1-4-14-31(27(33)29-22-10-8-21(28)9-11-22)19-26(32)30(18-23-6-5-16-36-23)15-13-20-7-12-24(34-2)25(17-20)35-3/h5-12,16-17H,4,13-15,18-19H2,1-3H3,(H,29,33). The summed E-state index contributed by atoms with van der Waals surface area (Å²) < 4.78 is 10.7. The minimum absolute atomic E-state index is 0.00935. The second kappa shape index (κ2) is 13.8. The molecule has 3 rings (SSSR count). The van der Waals surface area contributed by atoms with Gasteiger partial charge in [0.2, 0.25) is 5.91 Å². The normalized spacial score (nSPS) is 10.6. The molecule has 192 valence electrons. The van der Waals surface area contributed by atoms with Gasteiger partial charge < -0.3 is 24.6 Å². The third-order valence-electron chi connectivity index (χ3n) is 5.60. The number of halogens is 1. The van der Waals surface area contributed by atoms with Crippen LogP contribution in [0.1, 0.15) is 23.8 Å². The monoisotopic (exact) mass is 529 g/mol. The second-order valence-electron chi connectivity index (χ2n) is 8.19. The highest BCUT2D eigenvalue weighted by molar-refractivity contribution is 7.09. The Balaban J connectivity index is 1.71. The van der Waals surface area contributed by atoms with Crippen LogP contribution >= 0.6 is 22.9 Å². The number of ether oxygens (including phenoxy) is 2. The lowest BCUT2D eigenvalue weighted by molar-refractivity contribution is -0.132. The van der Waals surface area contributed by atoms with Gasteiger partial charge in [-0.2, -0.15) is 0 Å². The molecule has 2 aromatic carbocycles. The first-order valence-corrected chi connectivity index (χ1v) is 13.0. The SMILES string of the molecule is CCCN(CC(=O)N(CCc1ccc(OC)c(OC)c1)Cc1cccs1)C(=O)Nc1ccc(Cl)cc1. The molecule has 7 nitrogen and oxygen atoms in total. The summed E-state index contributed by atoms with van der Waals surface area (Å²) in [6.45, 7) is 3.43. The van der Waals surface area contributed by atoms with Gasteiger partial charge in [-0.3, -0.25) is 4.79 Å². The van der Waals surface area contributed by atoms with Crippen LogP contribution in [0.25, 0.3) is 0 Å². The van der Waals surface area contributed by atoms with Crippen LogP contribution in [0.5, 0.6) is 11.5 Å². The van der Waals surface area contributed by atoms with Crippen molar-refractivity contribution in [3.63, 3.8) is 0 Å². The van der Waals surface area contributed by atoms with Crippen molar-refractivity contribution < 1.29 is 19.1 Å². The molecular formula is C27H32ClN3O4S. The molecule has 0 spiro atoms. The molecule has 0 saturated carbocycles. The van der Waals surface area contributed by atoms with Gasteiger partial charge in [0.25, 0.3) is 0 Å². The lowest BCUT2D eigenvalue weighted by Crippen LogP contribution is -2.45. The summed E-state index contributed by atoms with van der Waals surface area (Å²) in [5.41, 5.74) is 1.66. The average molecular weight is 530 g/mol. The number of rotatable bonds is 12. The number of hydrogen-bond donors (Lipinski definition) is 1. The molecule has 36 heavy (non-hydrogen) atoms. The van der Waals surface area contributed by atoms with Crippen molar-refractivity contribution in [3.8, 4) is 11.5 Å². The Morgan fingerprint density at radius 3 is 2.36 bits per heavy atom. The number of methoxy groups -OCH3 is 2. The molecule has 0 aliphatic heterocycles. The molecule has 0 saturated heterocycles. The van der Waals surface area contributed by atoms with E-state index in [-0.39, 0.29) is 18.5 Å². The molecule has 3 amide bonds. The Morgan fingerprint density at radius 1 is 0.972 bits per heavy atom. The summed E-state index contributed by atoms with van der Waals surface area (Å²) in [5, 5.41) is 5.44. The number of carbonyl (C=O) groups excluding carboxylic acids is 2. The number of carbonyl (C=O) groups is 2. The van der Waals surface area contributed by atoms with E-state index in [2.05, 4.69) is 5.32 Å². The largest absolute Gasteiger partial charge is 0.493 e. The Labute approximate surface area is 221 Å². The summed E-state index contributed by atoms with van der Waals surface area (Å²) in [6.07, 6.45) is 1.38. The first-order valence-electron chi connectivity index (χ1n) is 11.8. The van der Waals surface area contributed by atoms with Gasteiger partial charge in [0.05, 0.1) is 20.8 Å². The molecule has 0 aliphatic carbocycles. The van der Waals surface area contributed by atoms with Crippen LogP contribution in [0.15, 0.2) is 60.0 Å². The Hall–Kier alpha value is -3.23. The summed E-state index contributed by atoms with van der Waals surface area (Å²) in [4.78, 5) is 30.9. The predicted molar refractivity (Wildman–Crippen MR) is 145 cm³/mol. The lowest BCUT2D eigenvalue weighted by atomic mass is 10.1. The zero-order valence-electron chi connectivity index (χ0n) is 20.8. The minimum Gasteiger partial charge on any atom is -0.493 e. The maximum atomic E-state index is 13.4. The quantitative estimate of drug-likeness (QED) is 0.315. The summed E-state index contributed by atoms with van der Waals surface area (Å²) in [6, 6.07) is 16.3. The van der Waals surface area contributed by atoms with Crippen molar-refractivity contribution >= 4 is 40.6 Å². The average Bonchev–Trinajstić information content (AvgIpc) is 3.40. The summed E-state index contributed by atoms with van der Waals surface area (Å²) >= 11 is 7.55. The van der Waals surface area contributed by atoms with Crippen molar-refractivity contribution in [2.24, 2.45) is 0 Å². The Kier molecular flexibility index (Phi) is 10.5. The number of urea groups is 1. The predicted octanol–water partition coefficient (Wildman–Crippen LogP) is 5.93. The zero-order valence-corrected chi connectivity index (χ0v) is 22.4. The first kappa shape index (κ1) is 27.4. The third kappa shape index (κ3) is 7.90. The molecule has 3 aromatic rings. The van der Waals surface area contributed by atoms with Crippen LogP contribution in [-0.4, -0.2) is 55.6 Å². The zero-order chi connectivity index (χ0) is 25.9. The topological polar surface area (TPSA) is 71.1 Å². The number of thiophene rings is 1. The number of nitrogens with one attached hydrogen (secondary N) is 1. The molecule has 1 aromatic heterocycles. The Morgan fingerprint density at radius 2 is 1.72 bits per heavy atom. The number of benzene rings is 2. The van der Waals surface area contributed by atoms with E-state index in [0.717, 1.165) is 16.9 Å². The van der Waals surface area contributed by atoms with Gasteiger partial charge in [0.15, 0.2) is 11.5 Å². The van der Waals surface area contributed by atoms with E-state index in [1.54, 1.807) is 59.6 Å². The minimum atomic E-state index is -0.316. The summed E-state index contributed by atoms with van der Waals surface area (Å²) in [5.74, 6) is 1.21. The molecular weight excluding hydrogens is 498 g/mol. The third-order valence-corrected chi connectivity index (χ3v) is 6.71. The van der Waals surface area contributed by atoms with E-state index >= 15 is 0 Å². The highest BCUT2D eigenvalue weighted by Gasteiger charge is 2.22. The van der Waals surface area contributed by atoms with E-state index in [0.29, 0.717) is 48.3 Å². The summed E-state index contributed by atoms with van der Waals surface area (Å²) in [7, 11) is 3.20. The van der Waals surface area contributed by atoms with Gasteiger partial charge in [-0.25, -0.2) is 4.79 Å². The van der Waals surface area contributed by atoms with Crippen molar-refractivity contribution in [2.45, 2.75) is 26.3 Å². The fourth-order valence-corrected chi connectivity index (χ4v) is 4.55. The van der Waals surface area contributed by atoms with Crippen LogP contribution in [0.2, 0.25) is 5.02 Å². The first-order chi connectivity index (χ1) is 17.4. The van der Waals surface area contributed by atoms with Crippen molar-refractivity contribution in [2.75, 3.05) is 39.2 Å². The van der Waals surface area contributed by atoms with E-state index in [1.165, 1.54) is 0 Å². The van der Waals surface area contributed by atoms with E-state index < -0.39 is 0 Å². The van der Waals surface area contributed by atoms with Gasteiger partial charge in [-0.05, 0) is 66.2 Å². The van der Waals surface area contributed by atoms with Crippen molar-refractivity contribution in [3.05, 3.63) is 75.4 Å². The highest BCUT2D eigenvalue weighted by atomic mass is 35.5. The van der Waals surface area contributed by atoms with Crippen LogP contribution in [-0.2, 0) is 17.8 Å². The fraction of sp³-hybridized carbons (Fsp3) is 0.333. The molecule has 0 bridgehead atoms. The second-order valence-corrected chi connectivity index (χ2v) is 9.66. The molecule has 1 N–H and O–H groups in total. The van der Waals surface area contributed by atoms with Gasteiger partial charge >= 0.3 is 6.03 Å². The van der Waals surface area contributed by atoms with E-state index in [1.807, 2.05) is 42.6 Å². The number of nitrogens with zero attached hydrogens (tertiary/aromatic N) is 2. The number of amides is 3. The lowest BCUT2D eigenvalue weighted by Gasteiger charge is -2.27. The highest BCUT2D eigenvalue weighted by Crippen LogP contribution is 2.28. The van der Waals surface area contributed by atoms with Gasteiger partial charge in [-0.1, -0.05) is 30.7 Å². The molecule has 0 radical (unpaired) electrons. The van der Waals surface area contributed by atoms with Crippen LogP contribution in [0.3, 0.4) is 0 Å². The fourth-order valence-electron chi connectivity index (χ4n) is 3.70. The van der Waals surface area contributed by atoms with Gasteiger partial charge in [-0.15, -0.1) is 11.3 Å². The molecule has 1 heterocycles.